The lowest BCUT2D eigenvalue weighted by atomic mass is 9.94. The summed E-state index contributed by atoms with van der Waals surface area (Å²) in [6.45, 7) is 11.1. The molecule has 1 aromatic carbocycles. The Morgan fingerprint density at radius 2 is 1.71 bits per heavy atom. The molecule has 0 spiro atoms. The Balaban J connectivity index is 2.29. The van der Waals surface area contributed by atoms with Crippen molar-refractivity contribution in [1.82, 2.24) is 21.3 Å². The fourth-order valence-electron chi connectivity index (χ4n) is 4.43. The number of ether oxygens (including phenoxy) is 2. The van der Waals surface area contributed by atoms with E-state index in [-0.39, 0.29) is 37.2 Å². The third-order valence-electron chi connectivity index (χ3n) is 6.48. The lowest BCUT2D eigenvalue weighted by molar-refractivity contribution is -0.143. The number of esters is 1. The lowest BCUT2D eigenvalue weighted by Crippen LogP contribution is -2.54. The minimum atomic E-state index is -1.13. The predicted octanol–water partition coefficient (Wildman–Crippen LogP) is 2.66. The van der Waals surface area contributed by atoms with E-state index in [1.54, 1.807) is 71.9 Å². The molecule has 5 atom stereocenters. The van der Waals surface area contributed by atoms with Gasteiger partial charge in [0.15, 0.2) is 0 Å². The van der Waals surface area contributed by atoms with Crippen LogP contribution in [0, 0.1) is 11.8 Å². The second-order valence-electron chi connectivity index (χ2n) is 11.4. The minimum Gasteiger partial charge on any atom is -0.466 e. The molecule has 11 nitrogen and oxygen atoms in total. The fraction of sp³-hybridized carbons (Fsp3) is 0.621. The van der Waals surface area contributed by atoms with Gasteiger partial charge < -0.3 is 30.7 Å². The quantitative estimate of drug-likeness (QED) is 0.174. The number of alkyl carbamates (subject to hydrolysis) is 1. The molecule has 1 heterocycles. The third-order valence-corrected chi connectivity index (χ3v) is 7.02. The van der Waals surface area contributed by atoms with Crippen LogP contribution in [0.2, 0.25) is 0 Å². The first kappa shape index (κ1) is 33.9. The molecule has 1 aliphatic heterocycles. The van der Waals surface area contributed by atoms with Gasteiger partial charge in [-0.15, -0.1) is 0 Å². The van der Waals surface area contributed by atoms with Gasteiger partial charge in [-0.05, 0) is 52.0 Å². The summed E-state index contributed by atoms with van der Waals surface area (Å²) < 4.78 is 10.4. The standard InChI is InChI=1S/C29H44N4O7S/c1-7-39-22(34)16-21(41)20(15-19-13-14-30-25(19)35)31-27(37)24(18-11-9-8-10-12-18)32-26(36)23(17(2)3)33-28(38)40-29(4,5)6/h8-12,17,19-21,23-24,41H,7,13-16H2,1-6H3,(H,30,35)(H,31,37)(H,32,36)(H,33,38)/t19-,20?,21-,23-,24-/m0/s1. The molecular formula is C29H44N4O7S. The maximum atomic E-state index is 13.8. The van der Waals surface area contributed by atoms with Gasteiger partial charge in [0, 0.05) is 23.8 Å². The van der Waals surface area contributed by atoms with E-state index in [1.165, 1.54) is 0 Å². The number of benzene rings is 1. The smallest absolute Gasteiger partial charge is 0.408 e. The number of carbonyl (C=O) groups is 5. The summed E-state index contributed by atoms with van der Waals surface area (Å²) >= 11 is 4.59. The maximum absolute atomic E-state index is 13.8. The molecule has 4 amide bonds. The zero-order chi connectivity index (χ0) is 30.7. The van der Waals surface area contributed by atoms with Crippen molar-refractivity contribution in [1.29, 1.82) is 0 Å². The average Bonchev–Trinajstić information content (AvgIpc) is 3.28. The summed E-state index contributed by atoms with van der Waals surface area (Å²) in [6.07, 6.45) is 0.0263. The van der Waals surface area contributed by atoms with Crippen molar-refractivity contribution >= 4 is 42.4 Å². The maximum Gasteiger partial charge on any atom is 0.408 e. The van der Waals surface area contributed by atoms with Crippen LogP contribution in [0.25, 0.3) is 0 Å². The molecule has 1 fully saturated rings. The Kier molecular flexibility index (Phi) is 12.9. The molecular weight excluding hydrogens is 548 g/mol. The van der Waals surface area contributed by atoms with Crippen LogP contribution in [0.3, 0.4) is 0 Å². The summed E-state index contributed by atoms with van der Waals surface area (Å²) in [5.41, 5.74) is -0.246. The van der Waals surface area contributed by atoms with Gasteiger partial charge in [-0.25, -0.2) is 4.79 Å². The Bertz CT molecular complexity index is 1060. The molecule has 1 aliphatic rings. The Hall–Kier alpha value is -3.28. The van der Waals surface area contributed by atoms with Gasteiger partial charge in [-0.2, -0.15) is 12.6 Å². The van der Waals surface area contributed by atoms with Gasteiger partial charge in [-0.3, -0.25) is 19.2 Å². The van der Waals surface area contributed by atoms with Crippen LogP contribution in [0.4, 0.5) is 4.79 Å². The second-order valence-corrected chi connectivity index (χ2v) is 12.1. The van der Waals surface area contributed by atoms with Crippen LogP contribution in [-0.4, -0.2) is 65.9 Å². The first-order valence-electron chi connectivity index (χ1n) is 14.0. The van der Waals surface area contributed by atoms with Crippen LogP contribution >= 0.6 is 12.6 Å². The molecule has 2 rings (SSSR count). The molecule has 0 aliphatic carbocycles. The van der Waals surface area contributed by atoms with E-state index in [0.717, 1.165) is 0 Å². The fourth-order valence-corrected chi connectivity index (χ4v) is 4.78. The van der Waals surface area contributed by atoms with Crippen molar-refractivity contribution in [2.45, 2.75) is 89.8 Å². The monoisotopic (exact) mass is 592 g/mol. The molecule has 41 heavy (non-hydrogen) atoms. The SMILES string of the molecule is CCOC(=O)C[C@H](S)C(C[C@@H]1CCNC1=O)NC(=O)[C@@H](NC(=O)[C@@H](NC(=O)OC(C)(C)C)C(C)C)c1ccccc1. The summed E-state index contributed by atoms with van der Waals surface area (Å²) in [5.74, 6) is -2.39. The summed E-state index contributed by atoms with van der Waals surface area (Å²) in [7, 11) is 0. The van der Waals surface area contributed by atoms with Gasteiger partial charge in [-0.1, -0.05) is 44.2 Å². The van der Waals surface area contributed by atoms with Crippen molar-refractivity contribution in [3.8, 4) is 0 Å². The number of hydrogen-bond acceptors (Lipinski definition) is 8. The molecule has 4 N–H and O–H groups in total. The molecule has 1 saturated heterocycles. The van der Waals surface area contributed by atoms with Gasteiger partial charge in [0.05, 0.1) is 13.0 Å². The van der Waals surface area contributed by atoms with Crippen LogP contribution in [0.1, 0.15) is 72.4 Å². The first-order valence-corrected chi connectivity index (χ1v) is 14.5. The number of thiol groups is 1. The zero-order valence-electron chi connectivity index (χ0n) is 24.7. The molecule has 0 bridgehead atoms. The molecule has 1 aromatic rings. The number of nitrogens with one attached hydrogen (secondary N) is 4. The van der Waals surface area contributed by atoms with Gasteiger partial charge in [0.25, 0.3) is 0 Å². The van der Waals surface area contributed by atoms with Crippen molar-refractivity contribution in [3.63, 3.8) is 0 Å². The Morgan fingerprint density at radius 3 is 2.24 bits per heavy atom. The number of carbonyl (C=O) groups excluding carboxylic acids is 5. The van der Waals surface area contributed by atoms with E-state index < -0.39 is 52.9 Å². The van der Waals surface area contributed by atoms with Crippen molar-refractivity contribution in [3.05, 3.63) is 35.9 Å². The molecule has 0 aromatic heterocycles. The zero-order valence-corrected chi connectivity index (χ0v) is 25.6. The van der Waals surface area contributed by atoms with Crippen LogP contribution in [0.15, 0.2) is 30.3 Å². The van der Waals surface area contributed by atoms with E-state index in [1.807, 2.05) is 0 Å². The van der Waals surface area contributed by atoms with Gasteiger partial charge >= 0.3 is 12.1 Å². The normalized spacial score (nSPS) is 18.0. The molecule has 0 saturated carbocycles. The number of amides is 4. The van der Waals surface area contributed by atoms with Crippen LogP contribution in [0.5, 0.6) is 0 Å². The van der Waals surface area contributed by atoms with Gasteiger partial charge in [0.1, 0.15) is 17.7 Å². The second kappa shape index (κ2) is 15.6. The molecule has 1 unspecified atom stereocenters. The van der Waals surface area contributed by atoms with Crippen LogP contribution in [-0.2, 0) is 28.7 Å². The molecule has 228 valence electrons. The Morgan fingerprint density at radius 1 is 1.05 bits per heavy atom. The molecule has 0 radical (unpaired) electrons. The molecule has 12 heteroatoms. The van der Waals surface area contributed by atoms with Gasteiger partial charge in [0.2, 0.25) is 17.7 Å². The third kappa shape index (κ3) is 11.3. The average molecular weight is 593 g/mol. The highest BCUT2D eigenvalue weighted by Crippen LogP contribution is 2.23. The topological polar surface area (TPSA) is 152 Å². The predicted molar refractivity (Wildman–Crippen MR) is 157 cm³/mol. The highest BCUT2D eigenvalue weighted by atomic mass is 32.1. The van der Waals surface area contributed by atoms with Crippen molar-refractivity contribution in [2.75, 3.05) is 13.2 Å². The number of hydrogen-bond donors (Lipinski definition) is 5. The summed E-state index contributed by atoms with van der Waals surface area (Å²) in [5, 5.41) is 10.4. The first-order chi connectivity index (χ1) is 19.2. The number of rotatable bonds is 13. The largest absolute Gasteiger partial charge is 0.466 e. The van der Waals surface area contributed by atoms with Crippen molar-refractivity contribution in [2.24, 2.45) is 11.8 Å². The minimum absolute atomic E-state index is 0.0756. The highest BCUT2D eigenvalue weighted by molar-refractivity contribution is 7.81. The van der Waals surface area contributed by atoms with E-state index in [9.17, 15) is 24.0 Å². The van der Waals surface area contributed by atoms with E-state index in [0.29, 0.717) is 18.5 Å². The van der Waals surface area contributed by atoms with Crippen LogP contribution < -0.4 is 21.3 Å². The van der Waals surface area contributed by atoms with E-state index >= 15 is 0 Å². The van der Waals surface area contributed by atoms with Crippen molar-refractivity contribution < 1.29 is 33.4 Å². The summed E-state index contributed by atoms with van der Waals surface area (Å²) in [6, 6.07) is 5.88. The van der Waals surface area contributed by atoms with E-state index in [2.05, 4.69) is 33.9 Å². The lowest BCUT2D eigenvalue weighted by Gasteiger charge is -2.30. The van der Waals surface area contributed by atoms with E-state index in [4.69, 9.17) is 9.47 Å². The summed E-state index contributed by atoms with van der Waals surface area (Å²) in [4.78, 5) is 64.2. The Labute approximate surface area is 247 Å². The highest BCUT2D eigenvalue weighted by Gasteiger charge is 2.35.